The van der Waals surface area contributed by atoms with E-state index in [0.717, 1.165) is 9.25 Å². The van der Waals surface area contributed by atoms with Crippen LogP contribution in [-0.2, 0) is 14.1 Å². The highest BCUT2D eigenvalue weighted by atomic mass is 16.2. The first-order valence-electron chi connectivity index (χ1n) is 3.12. The van der Waals surface area contributed by atoms with Gasteiger partial charge in [0.05, 0.1) is 0 Å². The Morgan fingerprint density at radius 3 is 2.50 bits per heavy atom. The molecule has 0 spiro atoms. The van der Waals surface area contributed by atoms with Crippen molar-refractivity contribution in [1.82, 2.24) is 14.3 Å². The van der Waals surface area contributed by atoms with Gasteiger partial charge >= 0.3 is 5.69 Å². The molecule has 1 heterocycles. The minimum atomic E-state index is -0.666. The number of hydrogen-bond donors (Lipinski definition) is 0. The van der Waals surface area contributed by atoms with Crippen molar-refractivity contribution in [2.24, 2.45) is 14.1 Å². The smallest absolute Gasteiger partial charge is 0.266 e. The van der Waals surface area contributed by atoms with E-state index in [1.807, 2.05) is 0 Å². The Morgan fingerprint density at radius 2 is 2.00 bits per heavy atom. The Balaban J connectivity index is 3.77. The lowest BCUT2D eigenvalue weighted by Crippen LogP contribution is -2.40. The Labute approximate surface area is 67.3 Å². The lowest BCUT2D eigenvalue weighted by atomic mass is 10.5. The summed E-state index contributed by atoms with van der Waals surface area (Å²) in [5.41, 5.74) is -1.49. The average molecular weight is 166 g/mol. The van der Waals surface area contributed by atoms with Gasteiger partial charge in [0.15, 0.2) is 0 Å². The SMILES string of the molecule is Cn1nc(C#N)c(=O)n(C)c1=O. The molecule has 0 amide bonds. The molecule has 0 fully saturated rings. The summed E-state index contributed by atoms with van der Waals surface area (Å²) in [6.07, 6.45) is 0. The third-order valence-electron chi connectivity index (χ3n) is 1.43. The Morgan fingerprint density at radius 1 is 1.42 bits per heavy atom. The quantitative estimate of drug-likeness (QED) is 0.462. The standard InChI is InChI=1S/C6H6N4O2/c1-9-5(11)4(3-7)8-10(2)6(9)12/h1-2H3. The summed E-state index contributed by atoms with van der Waals surface area (Å²) in [7, 11) is 2.68. The maximum absolute atomic E-state index is 11.0. The molecule has 6 heteroatoms. The van der Waals surface area contributed by atoms with Crippen LogP contribution in [0.3, 0.4) is 0 Å². The van der Waals surface area contributed by atoms with Gasteiger partial charge in [0, 0.05) is 14.1 Å². The van der Waals surface area contributed by atoms with Gasteiger partial charge in [-0.1, -0.05) is 0 Å². The number of hydrogen-bond acceptors (Lipinski definition) is 4. The monoisotopic (exact) mass is 166 g/mol. The van der Waals surface area contributed by atoms with E-state index in [-0.39, 0.29) is 5.69 Å². The highest BCUT2D eigenvalue weighted by Gasteiger charge is 2.06. The van der Waals surface area contributed by atoms with Crippen LogP contribution in [0, 0.1) is 11.3 Å². The molecule has 1 aromatic heterocycles. The predicted octanol–water partition coefficient (Wildman–Crippen LogP) is -1.65. The van der Waals surface area contributed by atoms with Gasteiger partial charge in [-0.15, -0.1) is 0 Å². The number of rotatable bonds is 0. The van der Waals surface area contributed by atoms with Crippen molar-refractivity contribution in [3.8, 4) is 6.07 Å². The van der Waals surface area contributed by atoms with Crippen molar-refractivity contribution >= 4 is 0 Å². The third-order valence-corrected chi connectivity index (χ3v) is 1.43. The molecule has 0 saturated heterocycles. The van der Waals surface area contributed by atoms with Gasteiger partial charge in [0.25, 0.3) is 5.56 Å². The summed E-state index contributed by atoms with van der Waals surface area (Å²) in [5, 5.41) is 11.9. The van der Waals surface area contributed by atoms with Gasteiger partial charge in [-0.3, -0.25) is 9.36 Å². The summed E-state index contributed by atoms with van der Waals surface area (Å²) >= 11 is 0. The fourth-order valence-electron chi connectivity index (χ4n) is 0.769. The zero-order valence-electron chi connectivity index (χ0n) is 6.61. The molecule has 62 valence electrons. The van der Waals surface area contributed by atoms with Gasteiger partial charge in [-0.2, -0.15) is 10.4 Å². The summed E-state index contributed by atoms with van der Waals surface area (Å²) in [5.74, 6) is 0. The molecule has 6 nitrogen and oxygen atoms in total. The summed E-state index contributed by atoms with van der Waals surface area (Å²) in [6, 6.07) is 1.60. The van der Waals surface area contributed by atoms with Crippen LogP contribution < -0.4 is 11.2 Å². The number of nitrogens with zero attached hydrogens (tertiary/aromatic N) is 4. The molecule has 0 aliphatic carbocycles. The fourth-order valence-corrected chi connectivity index (χ4v) is 0.769. The number of nitriles is 1. The topological polar surface area (TPSA) is 80.7 Å². The van der Waals surface area contributed by atoms with Crippen molar-refractivity contribution in [3.05, 3.63) is 26.5 Å². The maximum Gasteiger partial charge on any atom is 0.346 e. The van der Waals surface area contributed by atoms with Crippen LogP contribution in [0.1, 0.15) is 5.69 Å². The molecule has 0 unspecified atom stereocenters. The van der Waals surface area contributed by atoms with E-state index in [2.05, 4.69) is 5.10 Å². The molecule has 0 aliphatic rings. The van der Waals surface area contributed by atoms with Gasteiger partial charge < -0.3 is 0 Å². The second-order valence-electron chi connectivity index (χ2n) is 2.23. The zero-order valence-corrected chi connectivity index (χ0v) is 6.61. The Hall–Kier alpha value is -1.90. The molecule has 0 radical (unpaired) electrons. The Bertz CT molecular complexity index is 462. The van der Waals surface area contributed by atoms with E-state index in [9.17, 15) is 9.59 Å². The summed E-state index contributed by atoms with van der Waals surface area (Å²) < 4.78 is 1.78. The Kier molecular flexibility index (Phi) is 1.79. The number of aryl methyl sites for hydroxylation is 1. The van der Waals surface area contributed by atoms with Crippen LogP contribution in [0.2, 0.25) is 0 Å². The van der Waals surface area contributed by atoms with Crippen LogP contribution >= 0.6 is 0 Å². The summed E-state index contributed by atoms with van der Waals surface area (Å²) in [4.78, 5) is 22.0. The van der Waals surface area contributed by atoms with Gasteiger partial charge in [0.2, 0.25) is 5.69 Å². The first-order valence-corrected chi connectivity index (χ1v) is 3.12. The van der Waals surface area contributed by atoms with Gasteiger partial charge in [-0.05, 0) is 0 Å². The second kappa shape index (κ2) is 2.62. The van der Waals surface area contributed by atoms with Crippen LogP contribution in [0.5, 0.6) is 0 Å². The number of aromatic nitrogens is 3. The van der Waals surface area contributed by atoms with Gasteiger partial charge in [-0.25, -0.2) is 9.48 Å². The van der Waals surface area contributed by atoms with E-state index in [4.69, 9.17) is 5.26 Å². The lowest BCUT2D eigenvalue weighted by molar-refractivity contribution is 0.595. The summed E-state index contributed by atoms with van der Waals surface area (Å²) in [6.45, 7) is 0. The molecular formula is C6H6N4O2. The molecule has 1 rings (SSSR count). The minimum Gasteiger partial charge on any atom is -0.266 e. The van der Waals surface area contributed by atoms with Crippen molar-refractivity contribution in [3.63, 3.8) is 0 Å². The largest absolute Gasteiger partial charge is 0.346 e. The van der Waals surface area contributed by atoms with E-state index in [1.165, 1.54) is 14.1 Å². The van der Waals surface area contributed by atoms with Crippen LogP contribution in [0.15, 0.2) is 9.59 Å². The molecule has 12 heavy (non-hydrogen) atoms. The lowest BCUT2D eigenvalue weighted by Gasteiger charge is -1.98. The molecule has 0 aliphatic heterocycles. The van der Waals surface area contributed by atoms with Crippen molar-refractivity contribution < 1.29 is 0 Å². The molecule has 0 N–H and O–H groups in total. The minimum absolute atomic E-state index is 0.278. The van der Waals surface area contributed by atoms with E-state index < -0.39 is 11.2 Å². The van der Waals surface area contributed by atoms with Crippen molar-refractivity contribution in [2.75, 3.05) is 0 Å². The molecule has 0 bridgehead atoms. The average Bonchev–Trinajstić information content (AvgIpc) is 2.08. The van der Waals surface area contributed by atoms with E-state index >= 15 is 0 Å². The van der Waals surface area contributed by atoms with Crippen LogP contribution in [0.4, 0.5) is 0 Å². The zero-order chi connectivity index (χ0) is 9.30. The molecular weight excluding hydrogens is 160 g/mol. The predicted molar refractivity (Wildman–Crippen MR) is 39.4 cm³/mol. The van der Waals surface area contributed by atoms with Crippen LogP contribution in [-0.4, -0.2) is 14.3 Å². The van der Waals surface area contributed by atoms with E-state index in [0.29, 0.717) is 0 Å². The first kappa shape index (κ1) is 8.20. The van der Waals surface area contributed by atoms with Gasteiger partial charge in [0.1, 0.15) is 6.07 Å². The maximum atomic E-state index is 11.0. The first-order chi connectivity index (χ1) is 5.57. The second-order valence-corrected chi connectivity index (χ2v) is 2.23. The van der Waals surface area contributed by atoms with Crippen molar-refractivity contribution in [1.29, 1.82) is 5.26 Å². The molecule has 0 atom stereocenters. The van der Waals surface area contributed by atoms with E-state index in [1.54, 1.807) is 6.07 Å². The van der Waals surface area contributed by atoms with Crippen LogP contribution in [0.25, 0.3) is 0 Å². The molecule has 0 aromatic carbocycles. The molecule has 0 saturated carbocycles. The fraction of sp³-hybridized carbons (Fsp3) is 0.333. The highest BCUT2D eigenvalue weighted by molar-refractivity contribution is 5.13. The normalized spacial score (nSPS) is 9.42. The third kappa shape index (κ3) is 1.01. The molecule has 1 aromatic rings. The highest BCUT2D eigenvalue weighted by Crippen LogP contribution is 1.74. The van der Waals surface area contributed by atoms with Crippen molar-refractivity contribution in [2.45, 2.75) is 0 Å².